The molecule has 0 saturated heterocycles. The highest BCUT2D eigenvalue weighted by molar-refractivity contribution is 6.16. The van der Waals surface area contributed by atoms with E-state index in [4.69, 9.17) is 12.6 Å². The van der Waals surface area contributed by atoms with E-state index in [-0.39, 0.29) is 11.4 Å². The number of ether oxygens (including phenoxy) is 1. The van der Waals surface area contributed by atoms with Crippen LogP contribution in [0.1, 0.15) is 11.3 Å². The fourth-order valence-electron chi connectivity index (χ4n) is 2.40. The number of nitro groups is 1. The number of nitro benzene ring substituents is 1. The van der Waals surface area contributed by atoms with Gasteiger partial charge in [-0.15, -0.1) is 0 Å². The van der Waals surface area contributed by atoms with E-state index < -0.39 is 10.4 Å². The zero-order chi connectivity index (χ0) is 18.0. The van der Waals surface area contributed by atoms with E-state index in [9.17, 15) is 15.2 Å². The lowest BCUT2D eigenvalue weighted by molar-refractivity contribution is -0.384. The van der Waals surface area contributed by atoms with Crippen LogP contribution in [0.4, 0.5) is 5.69 Å². The Morgan fingerprint density at radius 2 is 2.16 bits per heavy atom. The molecule has 1 unspecified atom stereocenters. The van der Waals surface area contributed by atoms with Crippen LogP contribution in [0.3, 0.4) is 0 Å². The number of aromatic amines is 1. The predicted octanol–water partition coefficient (Wildman–Crippen LogP) is 1.75. The molecule has 0 fully saturated rings. The number of nitrogens with one attached hydrogen (secondary N) is 1. The molecule has 3 rings (SSSR count). The van der Waals surface area contributed by atoms with Gasteiger partial charge in [-0.2, -0.15) is 5.10 Å². The van der Waals surface area contributed by atoms with Gasteiger partial charge in [0.25, 0.3) is 5.69 Å². The average molecular weight is 336 g/mol. The highest BCUT2D eigenvalue weighted by Crippen LogP contribution is 2.33. The first-order chi connectivity index (χ1) is 11.9. The summed E-state index contributed by atoms with van der Waals surface area (Å²) < 4.78 is 5.29. The standard InChI is InChI=1S/C16H13BN4O4/c1-25-13-5-6-14(16(17,22)11-8-18-19-9-11)20-15(13)10-3-2-4-12(7-10)21(23)24/h2-9,22H,1H3,(H,18,19). The first-order valence-electron chi connectivity index (χ1n) is 7.24. The number of methoxy groups -OCH3 is 1. The zero-order valence-electron chi connectivity index (χ0n) is 13.2. The van der Waals surface area contributed by atoms with Crippen LogP contribution in [0.25, 0.3) is 11.3 Å². The van der Waals surface area contributed by atoms with Gasteiger partial charge in [0.1, 0.15) is 19.3 Å². The van der Waals surface area contributed by atoms with Crippen LogP contribution in [0.15, 0.2) is 48.8 Å². The number of pyridine rings is 1. The molecule has 2 radical (unpaired) electrons. The van der Waals surface area contributed by atoms with Crippen molar-refractivity contribution in [2.45, 2.75) is 5.50 Å². The summed E-state index contributed by atoms with van der Waals surface area (Å²) in [6.45, 7) is 0. The Labute approximate surface area is 144 Å². The number of hydrogen-bond donors (Lipinski definition) is 2. The van der Waals surface area contributed by atoms with Crippen LogP contribution in [-0.2, 0) is 5.50 Å². The van der Waals surface area contributed by atoms with Gasteiger partial charge in [0, 0.05) is 29.5 Å². The fourth-order valence-corrected chi connectivity index (χ4v) is 2.40. The molecule has 1 aromatic carbocycles. The van der Waals surface area contributed by atoms with Gasteiger partial charge in [0.05, 0.1) is 29.4 Å². The van der Waals surface area contributed by atoms with Gasteiger partial charge in [0.15, 0.2) is 0 Å². The molecule has 2 heterocycles. The van der Waals surface area contributed by atoms with Gasteiger partial charge < -0.3 is 9.84 Å². The molecule has 0 amide bonds. The van der Waals surface area contributed by atoms with Crippen molar-refractivity contribution in [1.82, 2.24) is 15.2 Å². The van der Waals surface area contributed by atoms with E-state index in [1.54, 1.807) is 18.2 Å². The van der Waals surface area contributed by atoms with E-state index in [0.29, 0.717) is 22.6 Å². The first-order valence-corrected chi connectivity index (χ1v) is 7.24. The molecule has 0 saturated carbocycles. The quantitative estimate of drug-likeness (QED) is 0.417. The minimum absolute atomic E-state index is 0.0791. The van der Waals surface area contributed by atoms with Crippen LogP contribution in [0.5, 0.6) is 5.75 Å². The van der Waals surface area contributed by atoms with Crippen molar-refractivity contribution in [3.8, 4) is 17.0 Å². The van der Waals surface area contributed by atoms with Crippen molar-refractivity contribution in [1.29, 1.82) is 0 Å². The van der Waals surface area contributed by atoms with Crippen LogP contribution >= 0.6 is 0 Å². The fraction of sp³-hybridized carbons (Fsp3) is 0.125. The van der Waals surface area contributed by atoms with Crippen molar-refractivity contribution in [2.75, 3.05) is 7.11 Å². The molecular weight excluding hydrogens is 323 g/mol. The number of hydrogen-bond acceptors (Lipinski definition) is 6. The molecule has 25 heavy (non-hydrogen) atoms. The molecule has 0 aliphatic heterocycles. The van der Waals surface area contributed by atoms with E-state index >= 15 is 0 Å². The lowest BCUT2D eigenvalue weighted by Gasteiger charge is -2.23. The van der Waals surface area contributed by atoms with Crippen LogP contribution in [0, 0.1) is 10.1 Å². The maximum Gasteiger partial charge on any atom is 0.270 e. The number of H-pyrrole nitrogens is 1. The van der Waals surface area contributed by atoms with Crippen molar-refractivity contribution in [3.05, 3.63) is 70.2 Å². The van der Waals surface area contributed by atoms with Gasteiger partial charge in [-0.25, -0.2) is 4.98 Å². The molecule has 0 aliphatic carbocycles. The third-order valence-corrected chi connectivity index (χ3v) is 3.74. The highest BCUT2D eigenvalue weighted by Gasteiger charge is 2.29. The van der Waals surface area contributed by atoms with Gasteiger partial charge in [-0.3, -0.25) is 15.2 Å². The summed E-state index contributed by atoms with van der Waals surface area (Å²) in [6.07, 6.45) is 2.85. The summed E-state index contributed by atoms with van der Waals surface area (Å²) in [5.74, 6) is 0.396. The molecule has 124 valence electrons. The summed E-state index contributed by atoms with van der Waals surface area (Å²) in [5, 5.41) is 28.0. The number of non-ortho nitro benzene ring substituents is 1. The zero-order valence-corrected chi connectivity index (χ0v) is 13.2. The molecule has 8 nitrogen and oxygen atoms in total. The highest BCUT2D eigenvalue weighted by atomic mass is 16.6. The average Bonchev–Trinajstić information content (AvgIpc) is 3.16. The Bertz CT molecular complexity index is 912. The van der Waals surface area contributed by atoms with Crippen LogP contribution in [-0.4, -0.2) is 40.2 Å². The smallest absolute Gasteiger partial charge is 0.270 e. The molecule has 0 spiro atoms. The van der Waals surface area contributed by atoms with Crippen LogP contribution in [0.2, 0.25) is 0 Å². The Morgan fingerprint density at radius 1 is 1.36 bits per heavy atom. The second kappa shape index (κ2) is 6.37. The van der Waals surface area contributed by atoms with E-state index in [1.165, 1.54) is 37.7 Å². The Balaban J connectivity index is 2.13. The SMILES string of the molecule is [B]C(O)(c1cn[nH]c1)c1ccc(OC)c(-c2cccc([N+](=O)[O-])c2)n1. The van der Waals surface area contributed by atoms with Gasteiger partial charge in [0.2, 0.25) is 0 Å². The molecule has 9 heteroatoms. The minimum atomic E-state index is -1.88. The van der Waals surface area contributed by atoms with E-state index in [2.05, 4.69) is 15.2 Å². The maximum absolute atomic E-state index is 11.0. The van der Waals surface area contributed by atoms with Gasteiger partial charge in [-0.1, -0.05) is 12.1 Å². The summed E-state index contributed by atoms with van der Waals surface area (Å²) in [4.78, 5) is 14.9. The summed E-state index contributed by atoms with van der Waals surface area (Å²) in [6, 6.07) is 9.08. The predicted molar refractivity (Wildman–Crippen MR) is 90.2 cm³/mol. The van der Waals surface area contributed by atoms with E-state index in [1.807, 2.05) is 0 Å². The second-order valence-corrected chi connectivity index (χ2v) is 5.31. The van der Waals surface area contributed by atoms with Crippen molar-refractivity contribution < 1.29 is 14.8 Å². The Kier molecular flexibility index (Phi) is 4.24. The molecule has 0 bridgehead atoms. The number of nitrogens with zero attached hydrogens (tertiary/aromatic N) is 3. The molecule has 3 aromatic rings. The Hall–Kier alpha value is -3.20. The first kappa shape index (κ1) is 16.7. The summed E-state index contributed by atoms with van der Waals surface area (Å²) in [7, 11) is 7.47. The molecular formula is C16H13BN4O4. The van der Waals surface area contributed by atoms with Gasteiger partial charge in [-0.05, 0) is 12.1 Å². The number of rotatable bonds is 5. The number of aliphatic hydroxyl groups is 1. The lowest BCUT2D eigenvalue weighted by Crippen LogP contribution is -2.28. The largest absolute Gasteiger partial charge is 0.494 e. The van der Waals surface area contributed by atoms with Crippen molar-refractivity contribution in [2.24, 2.45) is 0 Å². The number of benzene rings is 1. The van der Waals surface area contributed by atoms with Crippen LogP contribution < -0.4 is 4.74 Å². The molecule has 1 atom stereocenters. The topological polar surface area (TPSA) is 114 Å². The normalized spacial score (nSPS) is 13.2. The third kappa shape index (κ3) is 3.09. The molecule has 2 N–H and O–H groups in total. The summed E-state index contributed by atoms with van der Waals surface area (Å²) in [5.41, 5.74) is -0.683. The van der Waals surface area contributed by atoms with Gasteiger partial charge >= 0.3 is 0 Å². The third-order valence-electron chi connectivity index (χ3n) is 3.74. The van der Waals surface area contributed by atoms with Crippen molar-refractivity contribution in [3.63, 3.8) is 0 Å². The number of aromatic nitrogens is 3. The lowest BCUT2D eigenvalue weighted by atomic mass is 9.74. The molecule has 2 aromatic heterocycles. The molecule has 0 aliphatic rings. The monoisotopic (exact) mass is 336 g/mol. The Morgan fingerprint density at radius 3 is 2.80 bits per heavy atom. The second-order valence-electron chi connectivity index (χ2n) is 5.31. The van der Waals surface area contributed by atoms with Crippen molar-refractivity contribution >= 4 is 13.5 Å². The van der Waals surface area contributed by atoms with E-state index in [0.717, 1.165) is 0 Å². The summed E-state index contributed by atoms with van der Waals surface area (Å²) >= 11 is 0. The maximum atomic E-state index is 11.0. The minimum Gasteiger partial charge on any atom is -0.494 e.